The second-order valence-corrected chi connectivity index (χ2v) is 6.51. The molecule has 0 aromatic rings. The number of nitrogens with one attached hydrogen (secondary N) is 1. The van der Waals surface area contributed by atoms with Crippen molar-refractivity contribution in [3.63, 3.8) is 0 Å². The van der Waals surface area contributed by atoms with Crippen LogP contribution in [-0.4, -0.2) is 47.0 Å². The molecule has 7 heteroatoms. The maximum atomic E-state index is 12.4. The van der Waals surface area contributed by atoms with Crippen LogP contribution in [0.3, 0.4) is 0 Å². The van der Waals surface area contributed by atoms with Gasteiger partial charge in [-0.15, -0.1) is 0 Å². The number of amides is 3. The first-order valence-corrected chi connectivity index (χ1v) is 7.12. The van der Waals surface area contributed by atoms with E-state index < -0.39 is 29.7 Å². The van der Waals surface area contributed by atoms with Crippen LogP contribution in [0.1, 0.15) is 41.0 Å². The van der Waals surface area contributed by atoms with Gasteiger partial charge in [0.1, 0.15) is 17.7 Å². The normalized spacial score (nSPS) is 23.6. The van der Waals surface area contributed by atoms with E-state index in [0.29, 0.717) is 6.54 Å². The Labute approximate surface area is 125 Å². The van der Waals surface area contributed by atoms with Gasteiger partial charge in [0.15, 0.2) is 0 Å². The quantitative estimate of drug-likeness (QED) is 0.797. The number of hydrogen-bond donors (Lipinski definition) is 2. The minimum Gasteiger partial charge on any atom is -0.444 e. The van der Waals surface area contributed by atoms with Gasteiger partial charge in [0.05, 0.1) is 0 Å². The molecule has 3 N–H and O–H groups in total. The molecule has 120 valence electrons. The van der Waals surface area contributed by atoms with Gasteiger partial charge in [-0.25, -0.2) is 4.79 Å². The first-order valence-electron chi connectivity index (χ1n) is 7.12. The third-order valence-corrected chi connectivity index (χ3v) is 3.38. The van der Waals surface area contributed by atoms with Crippen molar-refractivity contribution in [1.82, 2.24) is 10.2 Å². The highest BCUT2D eigenvalue weighted by Crippen LogP contribution is 2.24. The van der Waals surface area contributed by atoms with Crippen LogP contribution in [0, 0.1) is 5.92 Å². The minimum absolute atomic E-state index is 0.0279. The summed E-state index contributed by atoms with van der Waals surface area (Å²) in [6, 6.07) is -1.38. The first-order chi connectivity index (χ1) is 9.53. The summed E-state index contributed by atoms with van der Waals surface area (Å²) in [4.78, 5) is 36.9. The molecule has 0 spiro atoms. The third-order valence-electron chi connectivity index (χ3n) is 3.38. The van der Waals surface area contributed by atoms with Crippen LogP contribution < -0.4 is 11.1 Å². The van der Waals surface area contributed by atoms with E-state index in [2.05, 4.69) is 5.32 Å². The summed E-state index contributed by atoms with van der Waals surface area (Å²) < 4.78 is 5.10. The lowest BCUT2D eigenvalue weighted by Gasteiger charge is -2.28. The largest absolute Gasteiger partial charge is 0.444 e. The van der Waals surface area contributed by atoms with Gasteiger partial charge in [-0.2, -0.15) is 0 Å². The molecule has 0 radical (unpaired) electrons. The molecule has 0 bridgehead atoms. The fraction of sp³-hybridized carbons (Fsp3) is 0.786. The van der Waals surface area contributed by atoms with Crippen LogP contribution in [0.5, 0.6) is 0 Å². The number of likely N-dealkylation sites (tertiary alicyclic amines) is 1. The smallest absolute Gasteiger partial charge is 0.408 e. The number of hydrogen-bond acceptors (Lipinski definition) is 4. The summed E-state index contributed by atoms with van der Waals surface area (Å²) in [6.45, 7) is 9.13. The van der Waals surface area contributed by atoms with E-state index in [4.69, 9.17) is 10.5 Å². The van der Waals surface area contributed by atoms with E-state index in [0.717, 1.165) is 6.42 Å². The highest BCUT2D eigenvalue weighted by molar-refractivity contribution is 5.91. The molecule has 1 rings (SSSR count). The van der Waals surface area contributed by atoms with E-state index >= 15 is 0 Å². The molecule has 3 unspecified atom stereocenters. The Hall–Kier alpha value is -1.79. The van der Waals surface area contributed by atoms with Crippen molar-refractivity contribution in [2.24, 2.45) is 11.7 Å². The van der Waals surface area contributed by atoms with Crippen molar-refractivity contribution < 1.29 is 19.1 Å². The number of ether oxygens (including phenoxy) is 1. The number of carbonyl (C=O) groups is 3. The Morgan fingerprint density at radius 3 is 2.38 bits per heavy atom. The molecule has 21 heavy (non-hydrogen) atoms. The van der Waals surface area contributed by atoms with Gasteiger partial charge in [0.25, 0.3) is 0 Å². The summed E-state index contributed by atoms with van der Waals surface area (Å²) >= 11 is 0. The topological polar surface area (TPSA) is 102 Å². The van der Waals surface area contributed by atoms with E-state index in [1.165, 1.54) is 4.90 Å². The first kappa shape index (κ1) is 17.3. The number of carbonyl (C=O) groups excluding carboxylic acids is 3. The molecule has 0 saturated carbocycles. The lowest BCUT2D eigenvalue weighted by Crippen LogP contribution is -2.53. The number of nitrogens with two attached hydrogens (primary N) is 1. The van der Waals surface area contributed by atoms with Gasteiger partial charge >= 0.3 is 6.09 Å². The van der Waals surface area contributed by atoms with Crippen molar-refractivity contribution in [2.75, 3.05) is 6.54 Å². The molecule has 0 aromatic carbocycles. The SMILES string of the molecule is CC(NC(=O)OC(C)(C)C)C(=O)N1CCC(C)C1C(N)=O. The molecule has 1 aliphatic rings. The van der Waals surface area contributed by atoms with Crippen molar-refractivity contribution in [3.8, 4) is 0 Å². The summed E-state index contributed by atoms with van der Waals surface area (Å²) in [7, 11) is 0. The zero-order chi connectivity index (χ0) is 16.4. The second kappa shape index (κ2) is 6.32. The molecule has 7 nitrogen and oxygen atoms in total. The minimum atomic E-state index is -0.771. The van der Waals surface area contributed by atoms with Gasteiger partial charge in [-0.3, -0.25) is 9.59 Å². The van der Waals surface area contributed by atoms with E-state index in [1.54, 1.807) is 27.7 Å². The summed E-state index contributed by atoms with van der Waals surface area (Å²) in [5.74, 6) is -0.813. The Balaban J connectivity index is 2.66. The van der Waals surface area contributed by atoms with Crippen molar-refractivity contribution in [2.45, 2.75) is 58.7 Å². The predicted molar refractivity (Wildman–Crippen MR) is 77.3 cm³/mol. The van der Waals surface area contributed by atoms with E-state index in [-0.39, 0.29) is 11.8 Å². The Bertz CT molecular complexity index is 430. The molecule has 3 atom stereocenters. The zero-order valence-corrected chi connectivity index (χ0v) is 13.3. The molecular weight excluding hydrogens is 274 g/mol. The lowest BCUT2D eigenvalue weighted by molar-refractivity contribution is -0.139. The van der Waals surface area contributed by atoms with Crippen molar-refractivity contribution in [1.29, 1.82) is 0 Å². The van der Waals surface area contributed by atoms with Crippen molar-refractivity contribution >= 4 is 17.9 Å². The maximum absolute atomic E-state index is 12.4. The number of primary amides is 1. The van der Waals surface area contributed by atoms with Crippen LogP contribution in [0.2, 0.25) is 0 Å². The predicted octanol–water partition coefficient (Wildman–Crippen LogP) is 0.622. The van der Waals surface area contributed by atoms with Crippen LogP contribution in [-0.2, 0) is 14.3 Å². The van der Waals surface area contributed by atoms with Gasteiger partial charge in [0, 0.05) is 6.54 Å². The molecular formula is C14H25N3O4. The molecule has 1 fully saturated rings. The van der Waals surface area contributed by atoms with Crippen molar-refractivity contribution in [3.05, 3.63) is 0 Å². The number of nitrogens with zero attached hydrogens (tertiary/aromatic N) is 1. The fourth-order valence-corrected chi connectivity index (χ4v) is 2.42. The van der Waals surface area contributed by atoms with Crippen LogP contribution in [0.25, 0.3) is 0 Å². The molecule has 1 saturated heterocycles. The van der Waals surface area contributed by atoms with Gasteiger partial charge in [-0.05, 0) is 40.0 Å². The lowest BCUT2D eigenvalue weighted by atomic mass is 10.0. The summed E-state index contributed by atoms with van der Waals surface area (Å²) in [5.41, 5.74) is 4.72. The fourth-order valence-electron chi connectivity index (χ4n) is 2.42. The highest BCUT2D eigenvalue weighted by atomic mass is 16.6. The number of rotatable bonds is 3. The van der Waals surface area contributed by atoms with E-state index in [9.17, 15) is 14.4 Å². The molecule has 1 heterocycles. The zero-order valence-electron chi connectivity index (χ0n) is 13.3. The monoisotopic (exact) mass is 299 g/mol. The van der Waals surface area contributed by atoms with Gasteiger partial charge in [-0.1, -0.05) is 6.92 Å². The van der Waals surface area contributed by atoms with Gasteiger partial charge in [0.2, 0.25) is 11.8 Å². The Morgan fingerprint density at radius 1 is 1.33 bits per heavy atom. The Kier molecular flexibility index (Phi) is 5.20. The molecule has 1 aliphatic heterocycles. The summed E-state index contributed by atoms with van der Waals surface area (Å²) in [6.07, 6.45) is 0.0598. The molecule has 0 aromatic heterocycles. The molecule has 3 amide bonds. The number of alkyl carbamates (subject to hydrolysis) is 1. The van der Waals surface area contributed by atoms with Crippen LogP contribution in [0.4, 0.5) is 4.79 Å². The summed E-state index contributed by atoms with van der Waals surface area (Å²) in [5, 5.41) is 2.48. The van der Waals surface area contributed by atoms with Crippen LogP contribution >= 0.6 is 0 Å². The van der Waals surface area contributed by atoms with Crippen LogP contribution in [0.15, 0.2) is 0 Å². The standard InChI is InChI=1S/C14H25N3O4/c1-8-6-7-17(10(8)11(15)18)12(19)9(2)16-13(20)21-14(3,4)5/h8-10H,6-7H2,1-5H3,(H2,15,18)(H,16,20). The molecule has 0 aliphatic carbocycles. The average Bonchev–Trinajstić information content (AvgIpc) is 2.67. The third kappa shape index (κ3) is 4.61. The second-order valence-electron chi connectivity index (χ2n) is 6.51. The van der Waals surface area contributed by atoms with Gasteiger partial charge < -0.3 is 20.7 Å². The average molecular weight is 299 g/mol. The highest BCUT2D eigenvalue weighted by Gasteiger charge is 2.40. The maximum Gasteiger partial charge on any atom is 0.408 e. The van der Waals surface area contributed by atoms with E-state index in [1.807, 2.05) is 6.92 Å². The Morgan fingerprint density at radius 2 is 1.90 bits per heavy atom.